The fourth-order valence-electron chi connectivity index (χ4n) is 4.87. The van der Waals surface area contributed by atoms with Crippen LogP contribution in [-0.2, 0) is 10.2 Å². The first kappa shape index (κ1) is 22.7. The van der Waals surface area contributed by atoms with Crippen molar-refractivity contribution in [2.75, 3.05) is 65.6 Å². The Hall–Kier alpha value is -2.44. The van der Waals surface area contributed by atoms with Crippen LogP contribution in [0.4, 0.5) is 5.69 Å². The number of hydrogen-bond donors (Lipinski definition) is 0. The minimum Gasteiger partial charge on any atom is -0.495 e. The highest BCUT2D eigenvalue weighted by Gasteiger charge is 2.35. The predicted molar refractivity (Wildman–Crippen MR) is 128 cm³/mol. The van der Waals surface area contributed by atoms with Crippen LogP contribution in [-0.4, -0.2) is 65.6 Å². The molecular weight excluding hydrogens is 404 g/mol. The van der Waals surface area contributed by atoms with E-state index in [1.165, 1.54) is 16.8 Å². The minimum absolute atomic E-state index is 0.0499. The van der Waals surface area contributed by atoms with Crippen LogP contribution in [0.5, 0.6) is 17.2 Å². The first-order valence-corrected chi connectivity index (χ1v) is 11.4. The number of anilines is 1. The lowest BCUT2D eigenvalue weighted by molar-refractivity contribution is -0.00352. The summed E-state index contributed by atoms with van der Waals surface area (Å²) in [5.74, 6) is 2.50. The third-order valence-electron chi connectivity index (χ3n) is 6.78. The van der Waals surface area contributed by atoms with Gasteiger partial charge in [-0.3, -0.25) is 4.90 Å². The minimum atomic E-state index is -0.0499. The summed E-state index contributed by atoms with van der Waals surface area (Å²) in [6, 6.07) is 12.5. The van der Waals surface area contributed by atoms with E-state index in [0.29, 0.717) is 6.61 Å². The monoisotopic (exact) mass is 440 g/mol. The Labute approximate surface area is 192 Å². The molecule has 0 radical (unpaired) electrons. The van der Waals surface area contributed by atoms with Crippen molar-refractivity contribution in [2.24, 2.45) is 0 Å². The highest BCUT2D eigenvalue weighted by atomic mass is 16.5. The molecule has 32 heavy (non-hydrogen) atoms. The zero-order valence-corrected chi connectivity index (χ0v) is 20.0. The topological polar surface area (TPSA) is 43.4 Å². The van der Waals surface area contributed by atoms with E-state index < -0.39 is 0 Å². The molecule has 0 N–H and O–H groups in total. The van der Waals surface area contributed by atoms with Crippen LogP contribution in [0.15, 0.2) is 36.4 Å². The Morgan fingerprint density at radius 3 is 2.25 bits per heavy atom. The molecule has 1 unspecified atom stereocenters. The van der Waals surface area contributed by atoms with Gasteiger partial charge in [-0.05, 0) is 41.8 Å². The number of nitrogens with zero attached hydrogens (tertiary/aromatic N) is 2. The zero-order valence-electron chi connectivity index (χ0n) is 20.0. The smallest absolute Gasteiger partial charge is 0.161 e. The molecule has 0 aliphatic carbocycles. The van der Waals surface area contributed by atoms with E-state index in [9.17, 15) is 0 Å². The summed E-state index contributed by atoms with van der Waals surface area (Å²) in [6.07, 6.45) is 1.04. The van der Waals surface area contributed by atoms with Gasteiger partial charge in [0.2, 0.25) is 0 Å². The largest absolute Gasteiger partial charge is 0.495 e. The molecule has 1 atom stereocenters. The van der Waals surface area contributed by atoms with Gasteiger partial charge in [0.25, 0.3) is 0 Å². The number of fused-ring (bicyclic) bond motifs is 1. The van der Waals surface area contributed by atoms with Crippen molar-refractivity contribution in [3.05, 3.63) is 47.5 Å². The average molecular weight is 441 g/mol. The second-order valence-corrected chi connectivity index (χ2v) is 9.27. The molecule has 2 aliphatic rings. The molecule has 4 rings (SSSR count). The van der Waals surface area contributed by atoms with E-state index in [-0.39, 0.29) is 11.5 Å². The molecule has 6 nitrogen and oxygen atoms in total. The summed E-state index contributed by atoms with van der Waals surface area (Å²) in [5.41, 5.74) is 3.66. The van der Waals surface area contributed by atoms with Gasteiger partial charge in [-0.1, -0.05) is 26.0 Å². The summed E-state index contributed by atoms with van der Waals surface area (Å²) in [6.45, 7) is 10.3. The van der Waals surface area contributed by atoms with Crippen molar-refractivity contribution in [3.8, 4) is 17.2 Å². The summed E-state index contributed by atoms with van der Waals surface area (Å²) in [4.78, 5) is 4.96. The molecule has 0 bridgehead atoms. The number of methoxy groups -OCH3 is 3. The lowest BCUT2D eigenvalue weighted by atomic mass is 9.78. The summed E-state index contributed by atoms with van der Waals surface area (Å²) < 4.78 is 23.0. The van der Waals surface area contributed by atoms with Crippen molar-refractivity contribution in [3.63, 3.8) is 0 Å². The number of hydrogen-bond acceptors (Lipinski definition) is 6. The van der Waals surface area contributed by atoms with E-state index in [0.717, 1.165) is 56.4 Å². The first-order valence-electron chi connectivity index (χ1n) is 11.4. The molecule has 1 fully saturated rings. The van der Waals surface area contributed by atoms with Crippen LogP contribution in [0, 0.1) is 0 Å². The molecule has 0 aromatic heterocycles. The van der Waals surface area contributed by atoms with Crippen LogP contribution < -0.4 is 19.1 Å². The Balaban J connectivity index is 1.41. The molecule has 2 heterocycles. The van der Waals surface area contributed by atoms with Gasteiger partial charge in [0, 0.05) is 38.1 Å². The van der Waals surface area contributed by atoms with E-state index in [1.54, 1.807) is 21.3 Å². The van der Waals surface area contributed by atoms with Gasteiger partial charge in [-0.25, -0.2) is 0 Å². The van der Waals surface area contributed by atoms with Crippen molar-refractivity contribution in [2.45, 2.75) is 31.8 Å². The van der Waals surface area contributed by atoms with Gasteiger partial charge in [-0.15, -0.1) is 0 Å². The van der Waals surface area contributed by atoms with Crippen LogP contribution in [0.2, 0.25) is 0 Å². The van der Waals surface area contributed by atoms with Gasteiger partial charge in [0.05, 0.1) is 39.7 Å². The van der Waals surface area contributed by atoms with E-state index in [1.807, 2.05) is 12.1 Å². The molecule has 1 saturated heterocycles. The van der Waals surface area contributed by atoms with E-state index in [4.69, 9.17) is 18.9 Å². The van der Waals surface area contributed by atoms with E-state index in [2.05, 4.69) is 47.9 Å². The zero-order chi connectivity index (χ0) is 22.7. The van der Waals surface area contributed by atoms with Crippen LogP contribution in [0.3, 0.4) is 0 Å². The molecule has 2 aromatic rings. The maximum atomic E-state index is 6.35. The third-order valence-corrected chi connectivity index (χ3v) is 6.78. The normalized spacial score (nSPS) is 20.5. The summed E-state index contributed by atoms with van der Waals surface area (Å²) in [7, 11) is 5.12. The van der Waals surface area contributed by atoms with Gasteiger partial charge in [0.15, 0.2) is 11.5 Å². The Bertz CT molecular complexity index is 922. The molecular formula is C26H36N2O4. The second kappa shape index (κ2) is 9.59. The fraction of sp³-hybridized carbons (Fsp3) is 0.538. The fourth-order valence-corrected chi connectivity index (χ4v) is 4.87. The Kier molecular flexibility index (Phi) is 6.82. The highest BCUT2D eigenvalue weighted by molar-refractivity contribution is 5.58. The van der Waals surface area contributed by atoms with Crippen LogP contribution in [0.1, 0.15) is 37.5 Å². The number of piperazine rings is 1. The first-order chi connectivity index (χ1) is 15.5. The molecule has 6 heteroatoms. The standard InChI is InChI=1S/C26H36N2O4/c1-26(2)18-32-22(19-16-24(30-4)25(31-5)17-20(19)26)10-11-27-12-14-28(15-13-27)21-8-6-7-9-23(21)29-3/h6-9,16-17,22H,10-15,18H2,1-5H3. The predicted octanol–water partition coefficient (Wildman–Crippen LogP) is 4.27. The van der Waals surface area contributed by atoms with Gasteiger partial charge < -0.3 is 23.8 Å². The molecule has 2 aromatic carbocycles. The number of benzene rings is 2. The van der Waals surface area contributed by atoms with Crippen LogP contribution >= 0.6 is 0 Å². The number of ether oxygens (including phenoxy) is 4. The lowest BCUT2D eigenvalue weighted by Crippen LogP contribution is -2.47. The molecule has 174 valence electrons. The Morgan fingerprint density at radius 1 is 0.906 bits per heavy atom. The van der Waals surface area contributed by atoms with Crippen molar-refractivity contribution < 1.29 is 18.9 Å². The van der Waals surface area contributed by atoms with Crippen molar-refractivity contribution in [1.29, 1.82) is 0 Å². The molecule has 0 spiro atoms. The van der Waals surface area contributed by atoms with Crippen molar-refractivity contribution in [1.82, 2.24) is 4.90 Å². The van der Waals surface area contributed by atoms with Gasteiger partial charge >= 0.3 is 0 Å². The van der Waals surface area contributed by atoms with Crippen molar-refractivity contribution >= 4 is 5.69 Å². The summed E-state index contributed by atoms with van der Waals surface area (Å²) >= 11 is 0. The van der Waals surface area contributed by atoms with E-state index >= 15 is 0 Å². The number of rotatable bonds is 7. The average Bonchev–Trinajstić information content (AvgIpc) is 2.83. The Morgan fingerprint density at radius 2 is 1.56 bits per heavy atom. The van der Waals surface area contributed by atoms with Crippen LogP contribution in [0.25, 0.3) is 0 Å². The van der Waals surface area contributed by atoms with Gasteiger partial charge in [0.1, 0.15) is 5.75 Å². The quantitative estimate of drug-likeness (QED) is 0.641. The summed E-state index contributed by atoms with van der Waals surface area (Å²) in [5, 5.41) is 0. The maximum Gasteiger partial charge on any atom is 0.161 e. The molecule has 2 aliphatic heterocycles. The van der Waals surface area contributed by atoms with Gasteiger partial charge in [-0.2, -0.15) is 0 Å². The molecule has 0 amide bonds. The molecule has 0 saturated carbocycles. The SMILES string of the molecule is COc1cc2c(cc1OC)C(C)(C)COC2CCN1CCN(c2ccccc2OC)CC1. The number of para-hydroxylation sites is 2. The second-order valence-electron chi connectivity index (χ2n) is 9.27. The maximum absolute atomic E-state index is 6.35. The highest BCUT2D eigenvalue weighted by Crippen LogP contribution is 2.44. The lowest BCUT2D eigenvalue weighted by Gasteiger charge is -2.40. The third kappa shape index (κ3) is 4.52.